The van der Waals surface area contributed by atoms with Crippen LogP contribution in [0.15, 0.2) is 35.3 Å². The molecule has 0 bridgehead atoms. The number of likely N-dealkylation sites (N-methyl/N-ethyl adjacent to an activating group) is 1. The zero-order chi connectivity index (χ0) is 25.1. The molecule has 36 heavy (non-hydrogen) atoms. The molecule has 11 heteroatoms. The normalized spacial score (nSPS) is 16.0. The van der Waals surface area contributed by atoms with Gasteiger partial charge in [-0.2, -0.15) is 4.98 Å². The Morgan fingerprint density at radius 2 is 2.03 bits per heavy atom. The van der Waals surface area contributed by atoms with Crippen molar-refractivity contribution in [1.82, 2.24) is 19.9 Å². The molecule has 0 saturated carbocycles. The zero-order valence-corrected chi connectivity index (χ0v) is 20.9. The maximum Gasteiger partial charge on any atom is 0.293 e. The molecule has 2 fully saturated rings. The Morgan fingerprint density at radius 3 is 2.75 bits per heavy atom. The van der Waals surface area contributed by atoms with Gasteiger partial charge in [-0.25, -0.2) is 4.98 Å². The smallest absolute Gasteiger partial charge is 0.293 e. The van der Waals surface area contributed by atoms with Crippen LogP contribution in [-0.2, 0) is 16.1 Å². The number of ether oxygens (including phenoxy) is 2. The number of halogens is 1. The van der Waals surface area contributed by atoms with E-state index in [-0.39, 0.29) is 29.7 Å². The van der Waals surface area contributed by atoms with E-state index in [1.165, 1.54) is 13.5 Å². The van der Waals surface area contributed by atoms with Crippen LogP contribution in [0.3, 0.4) is 0 Å². The van der Waals surface area contributed by atoms with Crippen molar-refractivity contribution in [2.24, 2.45) is 5.92 Å². The Bertz CT molecular complexity index is 1320. The van der Waals surface area contributed by atoms with E-state index in [0.29, 0.717) is 36.5 Å². The molecule has 0 atom stereocenters. The third-order valence-corrected chi connectivity index (χ3v) is 6.76. The first-order valence-corrected chi connectivity index (χ1v) is 12.5. The molecule has 4 heterocycles. The maximum atomic E-state index is 13.2. The Balaban J connectivity index is 1.47. The number of amides is 1. The van der Waals surface area contributed by atoms with Crippen molar-refractivity contribution < 1.29 is 14.3 Å². The minimum absolute atomic E-state index is 0.121. The molecule has 2 aliphatic heterocycles. The van der Waals surface area contributed by atoms with Gasteiger partial charge in [0.2, 0.25) is 5.95 Å². The fourth-order valence-corrected chi connectivity index (χ4v) is 4.55. The molecule has 10 nitrogen and oxygen atoms in total. The van der Waals surface area contributed by atoms with Gasteiger partial charge >= 0.3 is 0 Å². The minimum atomic E-state index is -0.313. The Labute approximate surface area is 213 Å². The average molecular weight is 513 g/mol. The maximum absolute atomic E-state index is 13.2. The molecule has 0 spiro atoms. The van der Waals surface area contributed by atoms with Crippen molar-refractivity contribution in [2.75, 3.05) is 50.2 Å². The van der Waals surface area contributed by atoms with Crippen LogP contribution in [0.5, 0.6) is 5.75 Å². The van der Waals surface area contributed by atoms with E-state index >= 15 is 0 Å². The summed E-state index contributed by atoms with van der Waals surface area (Å²) in [5, 5.41) is 7.00. The molecule has 2 N–H and O–H groups in total. The van der Waals surface area contributed by atoms with E-state index in [9.17, 15) is 9.59 Å². The molecule has 5 rings (SSSR count). The highest BCUT2D eigenvalue weighted by atomic mass is 35.5. The molecule has 1 aromatic carbocycles. The molecule has 0 unspecified atom stereocenters. The first-order valence-electron chi connectivity index (χ1n) is 12.1. The monoisotopic (exact) mass is 512 g/mol. The van der Waals surface area contributed by atoms with Crippen LogP contribution in [0.4, 0.5) is 17.5 Å². The number of aromatic nitrogens is 3. The van der Waals surface area contributed by atoms with Gasteiger partial charge in [0.1, 0.15) is 5.02 Å². The third kappa shape index (κ3) is 5.24. The van der Waals surface area contributed by atoms with Gasteiger partial charge in [0.25, 0.3) is 11.5 Å². The van der Waals surface area contributed by atoms with E-state index in [1.807, 2.05) is 18.2 Å². The number of carbonyl (C=O) groups is 1. The number of benzene rings is 1. The number of hydrogen-bond donors (Lipinski definition) is 2. The highest BCUT2D eigenvalue weighted by Crippen LogP contribution is 2.29. The fraction of sp³-hybridized carbons (Fsp3) is 0.440. The number of nitrogens with zero attached hydrogens (tertiary/aromatic N) is 4. The lowest BCUT2D eigenvalue weighted by Gasteiger charge is -2.27. The summed E-state index contributed by atoms with van der Waals surface area (Å²) in [5.74, 6) is 1.24. The molecule has 0 radical (unpaired) electrons. The molecule has 190 valence electrons. The number of pyridine rings is 1. The lowest BCUT2D eigenvalue weighted by molar-refractivity contribution is -0.122. The topological polar surface area (TPSA) is 111 Å². The van der Waals surface area contributed by atoms with Crippen molar-refractivity contribution >= 4 is 45.9 Å². The van der Waals surface area contributed by atoms with Crippen molar-refractivity contribution in [3.05, 3.63) is 45.8 Å². The number of fused-ring (bicyclic) bond motifs is 1. The first kappa shape index (κ1) is 24.3. The summed E-state index contributed by atoms with van der Waals surface area (Å²) >= 11 is 6.42. The van der Waals surface area contributed by atoms with Crippen molar-refractivity contribution in [3.8, 4) is 5.75 Å². The predicted molar refractivity (Wildman–Crippen MR) is 138 cm³/mol. The second kappa shape index (κ2) is 10.7. The summed E-state index contributed by atoms with van der Waals surface area (Å²) in [6.07, 6.45) is 5.09. The number of hydrogen-bond acceptors (Lipinski definition) is 8. The lowest BCUT2D eigenvalue weighted by atomic mass is 10.1. The van der Waals surface area contributed by atoms with Crippen LogP contribution in [-0.4, -0.2) is 60.4 Å². The summed E-state index contributed by atoms with van der Waals surface area (Å²) in [4.78, 5) is 36.1. The van der Waals surface area contributed by atoms with Gasteiger partial charge in [-0.15, -0.1) is 0 Å². The summed E-state index contributed by atoms with van der Waals surface area (Å²) < 4.78 is 12.6. The standard InChI is InChI=1S/C25H29ClN6O4/c1-27-22(33)15-36-21-10-17-9-18(5-6-20(17)32(24(21)34)12-16-13-35-14-16)29-23-19(26)11-28-25(30-23)31-7-3-2-4-8-31/h5-6,9-11,16H,2-4,7-8,12-15H2,1H3,(H,27,33)(H,28,29,30). The van der Waals surface area contributed by atoms with Gasteiger partial charge < -0.3 is 29.6 Å². The summed E-state index contributed by atoms with van der Waals surface area (Å²) in [5.41, 5.74) is 1.25. The van der Waals surface area contributed by atoms with E-state index in [2.05, 4.69) is 25.5 Å². The van der Waals surface area contributed by atoms with E-state index < -0.39 is 0 Å². The minimum Gasteiger partial charge on any atom is -0.478 e. The molecule has 2 aliphatic rings. The van der Waals surface area contributed by atoms with Gasteiger partial charge in [0, 0.05) is 43.7 Å². The van der Waals surface area contributed by atoms with E-state index in [0.717, 1.165) is 42.5 Å². The van der Waals surface area contributed by atoms with Gasteiger partial charge in [0.15, 0.2) is 18.2 Å². The number of carbonyl (C=O) groups excluding carboxylic acids is 1. The largest absolute Gasteiger partial charge is 0.478 e. The quantitative estimate of drug-likeness (QED) is 0.474. The fourth-order valence-electron chi connectivity index (χ4n) is 4.42. The van der Waals surface area contributed by atoms with Gasteiger partial charge in [0.05, 0.1) is 24.9 Å². The summed E-state index contributed by atoms with van der Waals surface area (Å²) in [6.45, 7) is 3.36. The van der Waals surface area contributed by atoms with Crippen LogP contribution in [0, 0.1) is 5.92 Å². The number of nitrogens with one attached hydrogen (secondary N) is 2. The zero-order valence-electron chi connectivity index (χ0n) is 20.1. The summed E-state index contributed by atoms with van der Waals surface area (Å²) in [6, 6.07) is 7.36. The number of anilines is 3. The van der Waals surface area contributed by atoms with Crippen molar-refractivity contribution in [3.63, 3.8) is 0 Å². The molecule has 2 saturated heterocycles. The molecule has 1 amide bonds. The Morgan fingerprint density at radius 1 is 1.22 bits per heavy atom. The van der Waals surface area contributed by atoms with Gasteiger partial charge in [-0.1, -0.05) is 11.6 Å². The van der Waals surface area contributed by atoms with E-state index in [4.69, 9.17) is 21.1 Å². The highest BCUT2D eigenvalue weighted by Gasteiger charge is 2.22. The molecular weight excluding hydrogens is 484 g/mol. The first-order chi connectivity index (χ1) is 17.5. The predicted octanol–water partition coefficient (Wildman–Crippen LogP) is 2.95. The molecule has 3 aromatic rings. The number of piperidine rings is 1. The molecular formula is C25H29ClN6O4. The van der Waals surface area contributed by atoms with Crippen LogP contribution in [0.25, 0.3) is 10.9 Å². The highest BCUT2D eigenvalue weighted by molar-refractivity contribution is 6.32. The van der Waals surface area contributed by atoms with Crippen LogP contribution in [0.1, 0.15) is 19.3 Å². The van der Waals surface area contributed by atoms with Gasteiger partial charge in [-0.3, -0.25) is 9.59 Å². The second-order valence-corrected chi connectivity index (χ2v) is 9.51. The molecule has 2 aromatic heterocycles. The average Bonchev–Trinajstić information content (AvgIpc) is 2.87. The SMILES string of the molecule is CNC(=O)COc1cc2cc(Nc3nc(N4CCCCC4)ncc3Cl)ccc2n(CC2COC2)c1=O. The Hall–Kier alpha value is -3.37. The van der Waals surface area contributed by atoms with Crippen molar-refractivity contribution in [2.45, 2.75) is 25.8 Å². The third-order valence-electron chi connectivity index (χ3n) is 6.48. The van der Waals surface area contributed by atoms with Crippen LogP contribution < -0.4 is 25.8 Å². The van der Waals surface area contributed by atoms with Crippen LogP contribution >= 0.6 is 11.6 Å². The second-order valence-electron chi connectivity index (χ2n) is 9.10. The van der Waals surface area contributed by atoms with E-state index in [1.54, 1.807) is 16.8 Å². The van der Waals surface area contributed by atoms with Crippen molar-refractivity contribution in [1.29, 1.82) is 0 Å². The Kier molecular flexibility index (Phi) is 7.24. The molecule has 0 aliphatic carbocycles. The lowest BCUT2D eigenvalue weighted by Crippen LogP contribution is -2.36. The van der Waals surface area contributed by atoms with Gasteiger partial charge in [-0.05, 0) is 43.5 Å². The number of rotatable bonds is 8. The summed E-state index contributed by atoms with van der Waals surface area (Å²) in [7, 11) is 1.52. The van der Waals surface area contributed by atoms with Crippen LogP contribution in [0.2, 0.25) is 5.02 Å².